The van der Waals surface area contributed by atoms with Crippen molar-refractivity contribution in [1.29, 1.82) is 0 Å². The second-order valence-corrected chi connectivity index (χ2v) is 6.80. The molecule has 2 aromatic heterocycles. The fraction of sp³-hybridized carbons (Fsp3) is 0.556. The van der Waals surface area contributed by atoms with Crippen molar-refractivity contribution >= 4 is 5.91 Å². The SMILES string of the molecule is CO[C@H]1CC[C@H](NC(=O)c2nc(-n3ccnc3)nc3c2CCC3)CC1. The summed E-state index contributed by atoms with van der Waals surface area (Å²) in [4.78, 5) is 26.1. The van der Waals surface area contributed by atoms with Gasteiger partial charge in [-0.15, -0.1) is 0 Å². The maximum atomic E-state index is 12.9. The van der Waals surface area contributed by atoms with Crippen molar-refractivity contribution in [3.63, 3.8) is 0 Å². The molecular formula is C18H23N5O2. The molecule has 1 fully saturated rings. The number of amides is 1. The van der Waals surface area contributed by atoms with Crippen LogP contribution >= 0.6 is 0 Å². The highest BCUT2D eigenvalue weighted by Gasteiger charge is 2.27. The van der Waals surface area contributed by atoms with Gasteiger partial charge in [0.25, 0.3) is 5.91 Å². The molecule has 1 saturated carbocycles. The summed E-state index contributed by atoms with van der Waals surface area (Å²) >= 11 is 0. The first kappa shape index (κ1) is 16.2. The van der Waals surface area contributed by atoms with Crippen LogP contribution in [0.5, 0.6) is 0 Å². The van der Waals surface area contributed by atoms with Gasteiger partial charge in [0.2, 0.25) is 5.95 Å². The molecule has 4 rings (SSSR count). The maximum absolute atomic E-state index is 12.9. The second-order valence-electron chi connectivity index (χ2n) is 6.80. The van der Waals surface area contributed by atoms with Crippen LogP contribution in [0, 0.1) is 0 Å². The molecule has 0 spiro atoms. The molecule has 132 valence electrons. The van der Waals surface area contributed by atoms with Crippen molar-refractivity contribution < 1.29 is 9.53 Å². The lowest BCUT2D eigenvalue weighted by Gasteiger charge is -2.28. The van der Waals surface area contributed by atoms with Crippen LogP contribution in [0.15, 0.2) is 18.7 Å². The zero-order valence-electron chi connectivity index (χ0n) is 14.4. The number of imidazole rings is 1. The van der Waals surface area contributed by atoms with Crippen molar-refractivity contribution in [1.82, 2.24) is 24.8 Å². The Balaban J connectivity index is 1.56. The van der Waals surface area contributed by atoms with E-state index in [4.69, 9.17) is 4.74 Å². The Hall–Kier alpha value is -2.28. The van der Waals surface area contributed by atoms with Gasteiger partial charge < -0.3 is 10.1 Å². The van der Waals surface area contributed by atoms with E-state index in [1.165, 1.54) is 0 Å². The Morgan fingerprint density at radius 2 is 2.08 bits per heavy atom. The molecule has 0 unspecified atom stereocenters. The average molecular weight is 341 g/mol. The Labute approximate surface area is 146 Å². The third-order valence-electron chi connectivity index (χ3n) is 5.21. The lowest BCUT2D eigenvalue weighted by molar-refractivity contribution is 0.0598. The van der Waals surface area contributed by atoms with E-state index in [1.807, 2.05) is 0 Å². The molecule has 0 bridgehead atoms. The third-order valence-corrected chi connectivity index (χ3v) is 5.21. The number of hydrogen-bond acceptors (Lipinski definition) is 5. The van der Waals surface area contributed by atoms with Gasteiger partial charge in [0.15, 0.2) is 0 Å². The summed E-state index contributed by atoms with van der Waals surface area (Å²) in [5.74, 6) is 0.439. The molecule has 0 saturated heterocycles. The van der Waals surface area contributed by atoms with Crippen LogP contribution in [-0.2, 0) is 17.6 Å². The van der Waals surface area contributed by atoms with Crippen molar-refractivity contribution in [2.24, 2.45) is 0 Å². The molecule has 2 aliphatic rings. The van der Waals surface area contributed by atoms with Gasteiger partial charge >= 0.3 is 0 Å². The van der Waals surface area contributed by atoms with Gasteiger partial charge in [-0.05, 0) is 44.9 Å². The van der Waals surface area contributed by atoms with Crippen molar-refractivity contribution in [3.05, 3.63) is 35.7 Å². The Kier molecular flexibility index (Phi) is 4.48. The van der Waals surface area contributed by atoms with Crippen LogP contribution in [-0.4, -0.2) is 44.7 Å². The van der Waals surface area contributed by atoms with E-state index in [9.17, 15) is 4.79 Å². The normalized spacial score (nSPS) is 22.6. The average Bonchev–Trinajstić information content (AvgIpc) is 3.32. The Morgan fingerprint density at radius 3 is 2.80 bits per heavy atom. The number of carbonyl (C=O) groups is 1. The van der Waals surface area contributed by atoms with E-state index in [0.717, 1.165) is 56.2 Å². The molecule has 1 amide bonds. The molecule has 1 N–H and O–H groups in total. The van der Waals surface area contributed by atoms with Crippen molar-refractivity contribution in [3.8, 4) is 5.95 Å². The quantitative estimate of drug-likeness (QED) is 0.917. The highest BCUT2D eigenvalue weighted by molar-refractivity contribution is 5.94. The monoisotopic (exact) mass is 341 g/mol. The largest absolute Gasteiger partial charge is 0.381 e. The minimum atomic E-state index is -0.0808. The molecule has 2 aromatic rings. The van der Waals surface area contributed by atoms with E-state index in [-0.39, 0.29) is 11.9 Å². The van der Waals surface area contributed by atoms with Gasteiger partial charge in [-0.1, -0.05) is 0 Å². The fourth-order valence-electron chi connectivity index (χ4n) is 3.80. The van der Waals surface area contributed by atoms with Crippen LogP contribution in [0.3, 0.4) is 0 Å². The van der Waals surface area contributed by atoms with Crippen molar-refractivity contribution in [2.75, 3.05) is 7.11 Å². The topological polar surface area (TPSA) is 81.9 Å². The summed E-state index contributed by atoms with van der Waals surface area (Å²) in [5, 5.41) is 3.17. The number of rotatable bonds is 4. The minimum absolute atomic E-state index is 0.0808. The van der Waals surface area contributed by atoms with Gasteiger partial charge in [-0.2, -0.15) is 0 Å². The fourth-order valence-corrected chi connectivity index (χ4v) is 3.80. The molecule has 2 heterocycles. The molecule has 2 aliphatic carbocycles. The van der Waals surface area contributed by atoms with Crippen LogP contribution in [0.1, 0.15) is 53.8 Å². The number of carbonyl (C=O) groups excluding carboxylic acids is 1. The van der Waals surface area contributed by atoms with Crippen LogP contribution < -0.4 is 5.32 Å². The van der Waals surface area contributed by atoms with Gasteiger partial charge in [0.05, 0.1) is 6.10 Å². The number of hydrogen-bond donors (Lipinski definition) is 1. The number of aromatic nitrogens is 4. The Morgan fingerprint density at radius 1 is 1.24 bits per heavy atom. The number of ether oxygens (including phenoxy) is 1. The number of nitrogens with one attached hydrogen (secondary N) is 1. The lowest BCUT2D eigenvalue weighted by Crippen LogP contribution is -2.39. The zero-order valence-corrected chi connectivity index (χ0v) is 14.4. The van der Waals surface area contributed by atoms with Crippen LogP contribution in [0.4, 0.5) is 0 Å². The van der Waals surface area contributed by atoms with Crippen LogP contribution in [0.25, 0.3) is 5.95 Å². The number of fused-ring (bicyclic) bond motifs is 1. The van der Waals surface area contributed by atoms with Gasteiger partial charge in [-0.3, -0.25) is 9.36 Å². The smallest absolute Gasteiger partial charge is 0.270 e. The standard InChI is InChI=1S/C18H23N5O2/c1-25-13-7-5-12(6-8-13)20-17(24)16-14-3-2-4-15(14)21-18(22-16)23-10-9-19-11-23/h9-13H,2-8H2,1H3,(H,20,24)/t12-,13-. The second kappa shape index (κ2) is 6.92. The number of methoxy groups -OCH3 is 1. The summed E-state index contributed by atoms with van der Waals surface area (Å²) < 4.78 is 7.15. The summed E-state index contributed by atoms with van der Waals surface area (Å²) in [6.45, 7) is 0. The van der Waals surface area contributed by atoms with Gasteiger partial charge in [-0.25, -0.2) is 15.0 Å². The summed E-state index contributed by atoms with van der Waals surface area (Å²) in [6.07, 6.45) is 12.1. The highest BCUT2D eigenvalue weighted by atomic mass is 16.5. The molecule has 7 heteroatoms. The molecule has 0 radical (unpaired) electrons. The predicted molar refractivity (Wildman–Crippen MR) is 91.7 cm³/mol. The molecular weight excluding hydrogens is 318 g/mol. The van der Waals surface area contributed by atoms with Gasteiger partial charge in [0.1, 0.15) is 12.0 Å². The molecule has 0 aliphatic heterocycles. The first-order valence-electron chi connectivity index (χ1n) is 8.96. The third kappa shape index (κ3) is 3.28. The van der Waals surface area contributed by atoms with Gasteiger partial charge in [0, 0.05) is 36.8 Å². The summed E-state index contributed by atoms with van der Waals surface area (Å²) in [6, 6.07) is 0.197. The Bertz CT molecular complexity index is 751. The van der Waals surface area contributed by atoms with Crippen LogP contribution in [0.2, 0.25) is 0 Å². The van der Waals surface area contributed by atoms with E-state index in [1.54, 1.807) is 30.4 Å². The van der Waals surface area contributed by atoms with E-state index in [0.29, 0.717) is 17.7 Å². The van der Waals surface area contributed by atoms with E-state index < -0.39 is 0 Å². The first-order valence-corrected chi connectivity index (χ1v) is 8.96. The molecule has 0 atom stereocenters. The molecule has 0 aromatic carbocycles. The number of aryl methyl sites for hydroxylation is 1. The van der Waals surface area contributed by atoms with E-state index in [2.05, 4.69) is 20.3 Å². The van der Waals surface area contributed by atoms with Crippen molar-refractivity contribution in [2.45, 2.75) is 57.1 Å². The zero-order chi connectivity index (χ0) is 17.2. The number of nitrogens with zero attached hydrogens (tertiary/aromatic N) is 4. The molecule has 7 nitrogen and oxygen atoms in total. The maximum Gasteiger partial charge on any atom is 0.270 e. The summed E-state index contributed by atoms with van der Waals surface area (Å²) in [7, 11) is 1.76. The molecule has 25 heavy (non-hydrogen) atoms. The van der Waals surface area contributed by atoms with E-state index >= 15 is 0 Å². The predicted octanol–water partition coefficient (Wildman–Crippen LogP) is 1.84. The minimum Gasteiger partial charge on any atom is -0.381 e. The summed E-state index contributed by atoms with van der Waals surface area (Å²) in [5.41, 5.74) is 2.53. The lowest BCUT2D eigenvalue weighted by atomic mass is 9.93. The highest BCUT2D eigenvalue weighted by Crippen LogP contribution is 2.25. The first-order chi connectivity index (χ1) is 12.2.